The van der Waals surface area contributed by atoms with Crippen LogP contribution >= 0.6 is 0 Å². The van der Waals surface area contributed by atoms with Gasteiger partial charge in [-0.05, 0) is 35.9 Å². The predicted molar refractivity (Wildman–Crippen MR) is 96.2 cm³/mol. The lowest BCUT2D eigenvalue weighted by atomic mass is 10.1. The van der Waals surface area contributed by atoms with Crippen LogP contribution in [0.5, 0.6) is 0 Å². The summed E-state index contributed by atoms with van der Waals surface area (Å²) in [6.07, 6.45) is 1.47. The zero-order valence-electron chi connectivity index (χ0n) is 14.2. The normalized spacial score (nSPS) is 11.2. The number of hydrogen-bond donors (Lipinski definition) is 2. The third-order valence-corrected chi connectivity index (χ3v) is 4.23. The Labute approximate surface area is 152 Å². The lowest BCUT2D eigenvalue weighted by Crippen LogP contribution is -2.11. The third kappa shape index (κ3) is 3.12. The minimum absolute atomic E-state index is 0.00147. The molecule has 0 saturated heterocycles. The van der Waals surface area contributed by atoms with E-state index in [1.807, 2.05) is 0 Å². The zero-order chi connectivity index (χ0) is 19.1. The van der Waals surface area contributed by atoms with Crippen LogP contribution in [0.4, 0.5) is 10.4 Å². The molecule has 27 heavy (non-hydrogen) atoms. The van der Waals surface area contributed by atoms with Crippen LogP contribution < -0.4 is 5.32 Å². The van der Waals surface area contributed by atoms with Gasteiger partial charge in [0.25, 0.3) is 5.91 Å². The van der Waals surface area contributed by atoms with Gasteiger partial charge in [0.05, 0.1) is 17.5 Å². The first-order chi connectivity index (χ1) is 12.9. The Bertz CT molecular complexity index is 1210. The number of aryl methyl sites for hydroxylation is 1. The molecular formula is C19H14FN3O4. The van der Waals surface area contributed by atoms with E-state index in [0.717, 1.165) is 0 Å². The molecule has 2 N–H and O–H groups in total. The van der Waals surface area contributed by atoms with Gasteiger partial charge in [0.1, 0.15) is 11.3 Å². The fourth-order valence-electron chi connectivity index (χ4n) is 3.01. The first-order valence-corrected chi connectivity index (χ1v) is 8.08. The van der Waals surface area contributed by atoms with Crippen molar-refractivity contribution in [3.05, 3.63) is 59.5 Å². The second-order valence-corrected chi connectivity index (χ2v) is 6.16. The summed E-state index contributed by atoms with van der Waals surface area (Å²) < 4.78 is 20.6. The molecule has 7 nitrogen and oxygen atoms in total. The molecule has 0 radical (unpaired) electrons. The summed E-state index contributed by atoms with van der Waals surface area (Å²) in [5.74, 6) is -1.77. The molecule has 4 aromatic rings. The van der Waals surface area contributed by atoms with E-state index in [1.165, 1.54) is 12.1 Å². The molecule has 0 aliphatic rings. The number of rotatable bonds is 4. The molecule has 2 heterocycles. The van der Waals surface area contributed by atoms with Crippen molar-refractivity contribution in [3.8, 4) is 0 Å². The second-order valence-electron chi connectivity index (χ2n) is 6.16. The van der Waals surface area contributed by atoms with Gasteiger partial charge in [-0.1, -0.05) is 6.07 Å². The van der Waals surface area contributed by atoms with Gasteiger partial charge in [-0.25, -0.2) is 4.39 Å². The fourth-order valence-corrected chi connectivity index (χ4v) is 3.01. The van der Waals surface area contributed by atoms with Gasteiger partial charge in [0.15, 0.2) is 5.58 Å². The molecular weight excluding hydrogens is 353 g/mol. The van der Waals surface area contributed by atoms with E-state index in [-0.39, 0.29) is 18.3 Å². The van der Waals surface area contributed by atoms with Crippen molar-refractivity contribution in [2.24, 2.45) is 7.05 Å². The Morgan fingerprint density at radius 1 is 1.26 bits per heavy atom. The van der Waals surface area contributed by atoms with Gasteiger partial charge < -0.3 is 14.1 Å². The van der Waals surface area contributed by atoms with E-state index in [0.29, 0.717) is 33.1 Å². The molecule has 1 amide bonds. The van der Waals surface area contributed by atoms with Crippen LogP contribution in [-0.4, -0.2) is 26.5 Å². The molecule has 0 unspecified atom stereocenters. The van der Waals surface area contributed by atoms with Crippen LogP contribution in [0.25, 0.3) is 22.0 Å². The average molecular weight is 367 g/mol. The number of carboxylic acids is 1. The maximum absolute atomic E-state index is 13.4. The van der Waals surface area contributed by atoms with E-state index < -0.39 is 11.9 Å². The van der Waals surface area contributed by atoms with Gasteiger partial charge in [-0.2, -0.15) is 4.98 Å². The number of carbonyl (C=O) groups excluding carboxylic acids is 1. The number of aliphatic carboxylic acids is 1. The molecule has 4 rings (SSSR count). The highest BCUT2D eigenvalue weighted by molar-refractivity contribution is 6.12. The number of fused-ring (bicyclic) bond motifs is 2. The molecule has 0 fully saturated rings. The van der Waals surface area contributed by atoms with Gasteiger partial charge in [-0.15, -0.1) is 0 Å². The number of anilines is 1. The number of aromatic nitrogens is 2. The summed E-state index contributed by atoms with van der Waals surface area (Å²) in [6, 6.07) is 9.05. The summed E-state index contributed by atoms with van der Waals surface area (Å²) in [7, 11) is 1.72. The third-order valence-electron chi connectivity index (χ3n) is 4.23. The van der Waals surface area contributed by atoms with Crippen molar-refractivity contribution in [3.63, 3.8) is 0 Å². The van der Waals surface area contributed by atoms with E-state index in [2.05, 4.69) is 10.3 Å². The number of benzene rings is 2. The fraction of sp³-hybridized carbons (Fsp3) is 0.105. The first kappa shape index (κ1) is 16.8. The topological polar surface area (TPSA) is 97.4 Å². The number of carboxylic acid groups (broad SMARTS) is 1. The van der Waals surface area contributed by atoms with Crippen molar-refractivity contribution in [2.45, 2.75) is 6.42 Å². The lowest BCUT2D eigenvalue weighted by molar-refractivity contribution is -0.136. The van der Waals surface area contributed by atoms with Crippen LogP contribution in [0.2, 0.25) is 0 Å². The van der Waals surface area contributed by atoms with Crippen LogP contribution in [-0.2, 0) is 18.3 Å². The summed E-state index contributed by atoms with van der Waals surface area (Å²) in [6.45, 7) is 0. The Morgan fingerprint density at radius 2 is 2.07 bits per heavy atom. The minimum Gasteiger partial charge on any atom is -0.481 e. The second kappa shape index (κ2) is 6.24. The van der Waals surface area contributed by atoms with Crippen LogP contribution in [0.3, 0.4) is 0 Å². The number of carbonyl (C=O) groups is 2. The number of amides is 1. The number of oxazole rings is 1. The summed E-state index contributed by atoms with van der Waals surface area (Å²) in [5.41, 5.74) is 2.40. The molecule has 0 spiro atoms. The summed E-state index contributed by atoms with van der Waals surface area (Å²) in [5, 5.41) is 12.1. The molecule has 2 aromatic heterocycles. The Hall–Kier alpha value is -3.68. The number of halogens is 1. The average Bonchev–Trinajstić information content (AvgIpc) is 3.14. The van der Waals surface area contributed by atoms with Crippen LogP contribution in [0, 0.1) is 5.82 Å². The molecule has 0 bridgehead atoms. The monoisotopic (exact) mass is 367 g/mol. The van der Waals surface area contributed by atoms with E-state index in [1.54, 1.807) is 42.1 Å². The molecule has 8 heteroatoms. The number of nitrogens with one attached hydrogen (secondary N) is 1. The summed E-state index contributed by atoms with van der Waals surface area (Å²) in [4.78, 5) is 27.6. The molecule has 0 aliphatic carbocycles. The Morgan fingerprint density at radius 3 is 2.85 bits per heavy atom. The quantitative estimate of drug-likeness (QED) is 0.577. The molecule has 136 valence electrons. The Balaban J connectivity index is 1.64. The van der Waals surface area contributed by atoms with Crippen molar-refractivity contribution in [2.75, 3.05) is 5.32 Å². The maximum atomic E-state index is 13.4. The first-order valence-electron chi connectivity index (χ1n) is 8.08. The molecule has 0 atom stereocenters. The highest BCUT2D eigenvalue weighted by Crippen LogP contribution is 2.24. The van der Waals surface area contributed by atoms with Gasteiger partial charge in [0.2, 0.25) is 0 Å². The van der Waals surface area contributed by atoms with Gasteiger partial charge in [0, 0.05) is 18.6 Å². The van der Waals surface area contributed by atoms with Crippen molar-refractivity contribution < 1.29 is 23.5 Å². The predicted octanol–water partition coefficient (Wildman–Crippen LogP) is 3.34. The molecule has 2 aromatic carbocycles. The summed E-state index contributed by atoms with van der Waals surface area (Å²) >= 11 is 0. The highest BCUT2D eigenvalue weighted by atomic mass is 19.1. The van der Waals surface area contributed by atoms with Crippen molar-refractivity contribution in [1.82, 2.24) is 9.55 Å². The van der Waals surface area contributed by atoms with Crippen LogP contribution in [0.15, 0.2) is 47.0 Å². The SMILES string of the molecule is Cn1cc(C(=O)Nc2nc3ccc(CC(=O)O)cc3o2)c2ccc(F)cc21. The van der Waals surface area contributed by atoms with Crippen molar-refractivity contribution in [1.29, 1.82) is 0 Å². The smallest absolute Gasteiger partial charge is 0.307 e. The van der Waals surface area contributed by atoms with E-state index in [4.69, 9.17) is 9.52 Å². The molecule has 0 aliphatic heterocycles. The number of nitrogens with zero attached hydrogens (tertiary/aromatic N) is 2. The maximum Gasteiger partial charge on any atom is 0.307 e. The van der Waals surface area contributed by atoms with Crippen molar-refractivity contribution >= 4 is 39.9 Å². The van der Waals surface area contributed by atoms with E-state index in [9.17, 15) is 14.0 Å². The lowest BCUT2D eigenvalue weighted by Gasteiger charge is -1.99. The van der Waals surface area contributed by atoms with E-state index >= 15 is 0 Å². The highest BCUT2D eigenvalue weighted by Gasteiger charge is 2.17. The molecule has 0 saturated carbocycles. The van der Waals surface area contributed by atoms with Crippen LogP contribution in [0.1, 0.15) is 15.9 Å². The van der Waals surface area contributed by atoms with Gasteiger partial charge in [-0.3, -0.25) is 14.9 Å². The largest absolute Gasteiger partial charge is 0.481 e. The minimum atomic E-state index is -0.949. The Kier molecular flexibility index (Phi) is 3.88. The zero-order valence-corrected chi connectivity index (χ0v) is 14.2. The standard InChI is InChI=1S/C19H14FN3O4/c1-23-9-13(12-4-3-11(20)8-15(12)23)18(26)22-19-21-14-5-2-10(7-17(24)25)6-16(14)27-19/h2-6,8-9H,7H2,1H3,(H,24,25)(H,21,22,26). The van der Waals surface area contributed by atoms with Gasteiger partial charge >= 0.3 is 12.0 Å². The number of hydrogen-bond acceptors (Lipinski definition) is 4.